The third-order valence-electron chi connectivity index (χ3n) is 3.37. The standard InChI is InChI=1S/C16H21NO4/c1-16(2,3)21-15(20)17-10-6-8-11-7-4-5-9-12(11)13(17)14(18)19/h4-5,7,9,13H,6,8,10H2,1-3H3,(H,18,19). The van der Waals surface area contributed by atoms with Crippen LogP contribution in [-0.2, 0) is 16.0 Å². The fraction of sp³-hybridized carbons (Fsp3) is 0.500. The summed E-state index contributed by atoms with van der Waals surface area (Å²) in [7, 11) is 0. The van der Waals surface area contributed by atoms with E-state index in [0.717, 1.165) is 18.4 Å². The van der Waals surface area contributed by atoms with Crippen molar-refractivity contribution in [3.8, 4) is 0 Å². The highest BCUT2D eigenvalue weighted by molar-refractivity contribution is 5.82. The predicted molar refractivity (Wildman–Crippen MR) is 78.1 cm³/mol. The molecular formula is C16H21NO4. The summed E-state index contributed by atoms with van der Waals surface area (Å²) in [6.45, 7) is 5.69. The summed E-state index contributed by atoms with van der Waals surface area (Å²) in [6.07, 6.45) is 0.908. The first-order valence-corrected chi connectivity index (χ1v) is 7.10. The van der Waals surface area contributed by atoms with Gasteiger partial charge >= 0.3 is 12.1 Å². The molecule has 5 nitrogen and oxygen atoms in total. The molecule has 0 spiro atoms. The summed E-state index contributed by atoms with van der Waals surface area (Å²) in [5.74, 6) is -1.03. The third-order valence-corrected chi connectivity index (χ3v) is 3.37. The second-order valence-corrected chi connectivity index (χ2v) is 6.22. The Labute approximate surface area is 124 Å². The van der Waals surface area contributed by atoms with Crippen LogP contribution in [0.25, 0.3) is 0 Å². The molecule has 1 aliphatic rings. The van der Waals surface area contributed by atoms with Crippen LogP contribution < -0.4 is 0 Å². The summed E-state index contributed by atoms with van der Waals surface area (Å²) in [5, 5.41) is 9.58. The van der Waals surface area contributed by atoms with Gasteiger partial charge in [0.2, 0.25) is 0 Å². The van der Waals surface area contributed by atoms with E-state index in [4.69, 9.17) is 4.74 Å². The van der Waals surface area contributed by atoms with Gasteiger partial charge in [-0.25, -0.2) is 9.59 Å². The number of benzene rings is 1. The number of carboxylic acids is 1. The Hall–Kier alpha value is -2.04. The van der Waals surface area contributed by atoms with Crippen LogP contribution in [0.5, 0.6) is 0 Å². The number of carbonyl (C=O) groups is 2. The molecule has 1 aliphatic heterocycles. The highest BCUT2D eigenvalue weighted by Crippen LogP contribution is 2.30. The number of fused-ring (bicyclic) bond motifs is 1. The van der Waals surface area contributed by atoms with Crippen LogP contribution in [0, 0.1) is 0 Å². The Morgan fingerprint density at radius 1 is 1.29 bits per heavy atom. The Kier molecular flexibility index (Phi) is 4.21. The van der Waals surface area contributed by atoms with Crippen LogP contribution in [0.3, 0.4) is 0 Å². The van der Waals surface area contributed by atoms with Crippen LogP contribution in [0.15, 0.2) is 24.3 Å². The normalized spacial score (nSPS) is 18.6. The van der Waals surface area contributed by atoms with E-state index in [1.807, 2.05) is 12.1 Å². The van der Waals surface area contributed by atoms with E-state index in [1.54, 1.807) is 32.9 Å². The Morgan fingerprint density at radius 2 is 1.95 bits per heavy atom. The SMILES string of the molecule is CC(C)(C)OC(=O)N1CCCc2ccccc2C1C(=O)O. The van der Waals surface area contributed by atoms with E-state index in [-0.39, 0.29) is 0 Å². The highest BCUT2D eigenvalue weighted by Gasteiger charge is 2.36. The van der Waals surface area contributed by atoms with Crippen molar-refractivity contribution in [2.45, 2.75) is 45.3 Å². The number of amides is 1. The molecule has 2 rings (SSSR count). The van der Waals surface area contributed by atoms with E-state index in [2.05, 4.69) is 0 Å². The average molecular weight is 291 g/mol. The maximum absolute atomic E-state index is 12.3. The molecule has 0 saturated carbocycles. The van der Waals surface area contributed by atoms with Gasteiger partial charge in [0.05, 0.1) is 0 Å². The van der Waals surface area contributed by atoms with Crippen molar-refractivity contribution >= 4 is 12.1 Å². The molecule has 1 aromatic rings. The van der Waals surface area contributed by atoms with Gasteiger partial charge in [0.15, 0.2) is 6.04 Å². The van der Waals surface area contributed by atoms with Crippen molar-refractivity contribution < 1.29 is 19.4 Å². The van der Waals surface area contributed by atoms with E-state index in [9.17, 15) is 14.7 Å². The molecule has 1 unspecified atom stereocenters. The lowest BCUT2D eigenvalue weighted by Gasteiger charge is -2.30. The topological polar surface area (TPSA) is 66.8 Å². The summed E-state index contributed by atoms with van der Waals surface area (Å²) < 4.78 is 5.35. The maximum Gasteiger partial charge on any atom is 0.411 e. The predicted octanol–water partition coefficient (Wildman–Crippen LogP) is 3.00. The van der Waals surface area contributed by atoms with Gasteiger partial charge in [-0.15, -0.1) is 0 Å². The van der Waals surface area contributed by atoms with Gasteiger partial charge in [-0.3, -0.25) is 4.90 Å². The molecular weight excluding hydrogens is 270 g/mol. The Bertz CT molecular complexity index is 547. The monoisotopic (exact) mass is 291 g/mol. The molecule has 1 amide bonds. The highest BCUT2D eigenvalue weighted by atomic mass is 16.6. The fourth-order valence-electron chi connectivity index (χ4n) is 2.55. The van der Waals surface area contributed by atoms with Crippen molar-refractivity contribution in [3.63, 3.8) is 0 Å². The number of carbonyl (C=O) groups excluding carboxylic acids is 1. The zero-order valence-electron chi connectivity index (χ0n) is 12.6. The zero-order chi connectivity index (χ0) is 15.6. The third kappa shape index (κ3) is 3.54. The van der Waals surface area contributed by atoms with Gasteiger partial charge in [-0.2, -0.15) is 0 Å². The largest absolute Gasteiger partial charge is 0.479 e. The number of aliphatic carboxylic acids is 1. The smallest absolute Gasteiger partial charge is 0.411 e. The number of nitrogens with zero attached hydrogens (tertiary/aromatic N) is 1. The van der Waals surface area contributed by atoms with E-state index < -0.39 is 23.7 Å². The van der Waals surface area contributed by atoms with Gasteiger partial charge in [-0.1, -0.05) is 24.3 Å². The lowest BCUT2D eigenvalue weighted by molar-refractivity contribution is -0.143. The number of aryl methyl sites for hydroxylation is 1. The van der Waals surface area contributed by atoms with Crippen molar-refractivity contribution in [2.24, 2.45) is 0 Å². The first-order valence-electron chi connectivity index (χ1n) is 7.10. The van der Waals surface area contributed by atoms with Gasteiger partial charge in [0.1, 0.15) is 5.60 Å². The molecule has 0 bridgehead atoms. The molecule has 1 heterocycles. The van der Waals surface area contributed by atoms with E-state index in [1.165, 1.54) is 4.90 Å². The summed E-state index contributed by atoms with van der Waals surface area (Å²) >= 11 is 0. The van der Waals surface area contributed by atoms with Gasteiger partial charge in [-0.05, 0) is 44.7 Å². The molecule has 1 atom stereocenters. The molecule has 114 valence electrons. The molecule has 21 heavy (non-hydrogen) atoms. The summed E-state index contributed by atoms with van der Waals surface area (Å²) in [5.41, 5.74) is 1.01. The molecule has 0 aromatic heterocycles. The molecule has 0 saturated heterocycles. The zero-order valence-corrected chi connectivity index (χ0v) is 12.6. The van der Waals surface area contributed by atoms with Crippen molar-refractivity contribution in [3.05, 3.63) is 35.4 Å². The van der Waals surface area contributed by atoms with Crippen LogP contribution >= 0.6 is 0 Å². The second-order valence-electron chi connectivity index (χ2n) is 6.22. The lowest BCUT2D eigenvalue weighted by atomic mass is 9.99. The van der Waals surface area contributed by atoms with E-state index >= 15 is 0 Å². The average Bonchev–Trinajstić information content (AvgIpc) is 2.55. The number of carboxylic acid groups (broad SMARTS) is 1. The molecule has 0 aliphatic carbocycles. The lowest BCUT2D eigenvalue weighted by Crippen LogP contribution is -2.42. The molecule has 5 heteroatoms. The van der Waals surface area contributed by atoms with Crippen LogP contribution in [0.1, 0.15) is 44.4 Å². The number of ether oxygens (including phenoxy) is 1. The van der Waals surface area contributed by atoms with Crippen LogP contribution in [-0.4, -0.2) is 34.2 Å². The van der Waals surface area contributed by atoms with E-state index in [0.29, 0.717) is 12.1 Å². The van der Waals surface area contributed by atoms with Crippen LogP contribution in [0.2, 0.25) is 0 Å². The molecule has 0 fully saturated rings. The second kappa shape index (κ2) is 5.76. The minimum Gasteiger partial charge on any atom is -0.479 e. The number of rotatable bonds is 1. The van der Waals surface area contributed by atoms with Crippen LogP contribution in [0.4, 0.5) is 4.79 Å². The summed E-state index contributed by atoms with van der Waals surface area (Å²) in [4.78, 5) is 25.4. The molecule has 1 aromatic carbocycles. The first-order chi connectivity index (χ1) is 9.79. The minimum atomic E-state index is -1.03. The first kappa shape index (κ1) is 15.4. The number of hydrogen-bond acceptors (Lipinski definition) is 3. The fourth-order valence-corrected chi connectivity index (χ4v) is 2.55. The molecule has 0 radical (unpaired) electrons. The Balaban J connectivity index is 2.37. The minimum absolute atomic E-state index is 0.376. The summed E-state index contributed by atoms with van der Waals surface area (Å²) in [6, 6.07) is 6.40. The van der Waals surface area contributed by atoms with Crippen molar-refractivity contribution in [2.75, 3.05) is 6.54 Å². The van der Waals surface area contributed by atoms with Gasteiger partial charge in [0, 0.05) is 6.54 Å². The number of hydrogen-bond donors (Lipinski definition) is 1. The van der Waals surface area contributed by atoms with Crippen molar-refractivity contribution in [1.29, 1.82) is 0 Å². The van der Waals surface area contributed by atoms with Gasteiger partial charge in [0.25, 0.3) is 0 Å². The maximum atomic E-state index is 12.3. The molecule has 1 N–H and O–H groups in total. The van der Waals surface area contributed by atoms with Crippen molar-refractivity contribution in [1.82, 2.24) is 4.90 Å². The van der Waals surface area contributed by atoms with Gasteiger partial charge < -0.3 is 9.84 Å². The quantitative estimate of drug-likeness (QED) is 0.863. The Morgan fingerprint density at radius 3 is 2.57 bits per heavy atom.